The molecule has 1 spiro atoms. The number of esters is 3. The van der Waals surface area contributed by atoms with Gasteiger partial charge in [-0.15, -0.1) is 0 Å². The van der Waals surface area contributed by atoms with Crippen LogP contribution in [0.25, 0.3) is 0 Å². The molecule has 10 nitrogen and oxygen atoms in total. The highest BCUT2D eigenvalue weighted by atomic mass is 16.6. The summed E-state index contributed by atoms with van der Waals surface area (Å²) >= 11 is 0. The van der Waals surface area contributed by atoms with Crippen LogP contribution in [0.3, 0.4) is 0 Å². The van der Waals surface area contributed by atoms with Crippen LogP contribution in [-0.4, -0.2) is 99.9 Å². The highest BCUT2D eigenvalue weighted by Gasteiger charge is 2.88. The van der Waals surface area contributed by atoms with E-state index in [-0.39, 0.29) is 77.3 Å². The Morgan fingerprint density at radius 3 is 2.23 bits per heavy atom. The van der Waals surface area contributed by atoms with Gasteiger partial charge < -0.3 is 28.4 Å². The lowest BCUT2D eigenvalue weighted by molar-refractivity contribution is -0.280. The molecule has 0 amide bonds. The van der Waals surface area contributed by atoms with Crippen LogP contribution in [0.2, 0.25) is 0 Å². The van der Waals surface area contributed by atoms with Gasteiger partial charge in [-0.3, -0.25) is 19.3 Å². The molecular formula is C30H45NO9. The zero-order valence-corrected chi connectivity index (χ0v) is 24.8. The molecule has 7 bridgehead atoms. The molecule has 5 saturated carbocycles. The Morgan fingerprint density at radius 1 is 0.925 bits per heavy atom. The van der Waals surface area contributed by atoms with Gasteiger partial charge in [0.15, 0.2) is 0 Å². The van der Waals surface area contributed by atoms with Gasteiger partial charge in [-0.2, -0.15) is 0 Å². The minimum absolute atomic E-state index is 0.0154. The molecule has 6 fully saturated rings. The molecule has 0 radical (unpaired) electrons. The van der Waals surface area contributed by atoms with Crippen LogP contribution in [0.1, 0.15) is 53.4 Å². The van der Waals surface area contributed by atoms with Crippen molar-refractivity contribution in [1.29, 1.82) is 0 Å². The maximum Gasteiger partial charge on any atom is 0.303 e. The topological polar surface area (TPSA) is 110 Å². The van der Waals surface area contributed by atoms with Gasteiger partial charge in [0.1, 0.15) is 17.8 Å². The minimum atomic E-state index is -0.963. The molecule has 40 heavy (non-hydrogen) atoms. The first-order valence-corrected chi connectivity index (χ1v) is 14.9. The number of methoxy groups -OCH3 is 3. The van der Waals surface area contributed by atoms with Crippen LogP contribution in [0.5, 0.6) is 0 Å². The van der Waals surface area contributed by atoms with E-state index >= 15 is 0 Å². The standard InChI is InChI=1S/C30H45NO9/c1-8-31-13-28(14-35-5)10-9-21(38-15(2)32)30-19-11-18-20(36-6)12-29(40-17(4)34,22(19)24(18)39-16(3)33)23(27(30)31)25(37-7)26(28)30/h18-27H,8-14H2,1-7H3. The maximum absolute atomic E-state index is 13.0. The highest BCUT2D eigenvalue weighted by molar-refractivity contribution is 5.68. The molecule has 0 aromatic carbocycles. The molecular weight excluding hydrogens is 518 g/mol. The molecule has 0 aromatic heterocycles. The molecule has 6 rings (SSSR count). The lowest BCUT2D eigenvalue weighted by atomic mass is 9.43. The predicted molar refractivity (Wildman–Crippen MR) is 141 cm³/mol. The second kappa shape index (κ2) is 9.64. The molecule has 0 N–H and O–H groups in total. The Labute approximate surface area is 236 Å². The second-order valence-electron chi connectivity index (χ2n) is 13.3. The number of likely N-dealkylation sites (tertiary alicyclic amines) is 1. The summed E-state index contributed by atoms with van der Waals surface area (Å²) in [4.78, 5) is 40.7. The summed E-state index contributed by atoms with van der Waals surface area (Å²) in [7, 11) is 5.20. The van der Waals surface area contributed by atoms with Gasteiger partial charge in [0.05, 0.1) is 18.8 Å². The zero-order valence-electron chi connectivity index (χ0n) is 24.8. The van der Waals surface area contributed by atoms with Crippen LogP contribution in [0.4, 0.5) is 0 Å². The summed E-state index contributed by atoms with van der Waals surface area (Å²) in [6, 6.07) is -0.0463. The van der Waals surface area contributed by atoms with E-state index in [1.165, 1.54) is 20.8 Å². The second-order valence-corrected chi connectivity index (χ2v) is 13.3. The van der Waals surface area contributed by atoms with E-state index in [0.29, 0.717) is 13.0 Å². The largest absolute Gasteiger partial charge is 0.462 e. The molecule has 1 aliphatic heterocycles. The number of piperidine rings is 1. The van der Waals surface area contributed by atoms with Crippen molar-refractivity contribution in [2.75, 3.05) is 41.0 Å². The summed E-state index contributed by atoms with van der Waals surface area (Å²) in [5.74, 6) is -1.55. The van der Waals surface area contributed by atoms with Crippen LogP contribution < -0.4 is 0 Å². The smallest absolute Gasteiger partial charge is 0.303 e. The third kappa shape index (κ3) is 3.39. The zero-order chi connectivity index (χ0) is 28.8. The van der Waals surface area contributed by atoms with Gasteiger partial charge in [0.2, 0.25) is 0 Å². The van der Waals surface area contributed by atoms with E-state index in [2.05, 4.69) is 11.8 Å². The number of carbonyl (C=O) groups is 3. The molecule has 13 unspecified atom stereocenters. The van der Waals surface area contributed by atoms with E-state index in [9.17, 15) is 14.4 Å². The van der Waals surface area contributed by atoms with Crippen molar-refractivity contribution in [3.05, 3.63) is 0 Å². The molecule has 13 atom stereocenters. The SMILES string of the molecule is CCN1CC2(COC)CCC(OC(C)=O)C34C5CC6C(OC)CC(OC(C)=O)(C5C6OC(C)=O)C(C(OC)C23)C14. The number of carbonyl (C=O) groups excluding carboxylic acids is 3. The fourth-order valence-electron chi connectivity index (χ4n) is 11.7. The third-order valence-electron chi connectivity index (χ3n) is 12.0. The lowest BCUT2D eigenvalue weighted by Crippen LogP contribution is -2.77. The molecule has 6 aliphatic rings. The Morgan fingerprint density at radius 2 is 1.65 bits per heavy atom. The lowest BCUT2D eigenvalue weighted by Gasteiger charge is -2.69. The van der Waals surface area contributed by atoms with Crippen LogP contribution in [0.15, 0.2) is 0 Å². The normalized spacial score (nSPS) is 49.9. The van der Waals surface area contributed by atoms with Crippen molar-refractivity contribution in [1.82, 2.24) is 4.90 Å². The van der Waals surface area contributed by atoms with Crippen molar-refractivity contribution in [2.24, 2.45) is 40.4 Å². The number of hydrogen-bond donors (Lipinski definition) is 0. The van der Waals surface area contributed by atoms with Crippen LogP contribution >= 0.6 is 0 Å². The molecule has 10 heteroatoms. The monoisotopic (exact) mass is 563 g/mol. The van der Waals surface area contributed by atoms with E-state index in [0.717, 1.165) is 32.4 Å². The van der Waals surface area contributed by atoms with Gasteiger partial charge in [0.25, 0.3) is 0 Å². The Balaban J connectivity index is 1.67. The van der Waals surface area contributed by atoms with E-state index in [4.69, 9.17) is 28.4 Å². The summed E-state index contributed by atoms with van der Waals surface area (Å²) in [6.45, 7) is 8.77. The molecule has 1 heterocycles. The number of nitrogens with zero attached hydrogens (tertiary/aromatic N) is 1. The molecule has 224 valence electrons. The fourth-order valence-corrected chi connectivity index (χ4v) is 11.7. The predicted octanol–water partition coefficient (Wildman–Crippen LogP) is 2.21. The number of hydrogen-bond acceptors (Lipinski definition) is 10. The minimum Gasteiger partial charge on any atom is -0.462 e. The van der Waals surface area contributed by atoms with Gasteiger partial charge in [-0.1, -0.05) is 6.92 Å². The Bertz CT molecular complexity index is 1070. The van der Waals surface area contributed by atoms with Gasteiger partial charge in [-0.25, -0.2) is 0 Å². The first-order chi connectivity index (χ1) is 19.1. The fraction of sp³-hybridized carbons (Fsp3) is 0.900. The first-order valence-electron chi connectivity index (χ1n) is 14.9. The number of rotatable bonds is 8. The van der Waals surface area contributed by atoms with Crippen molar-refractivity contribution in [3.63, 3.8) is 0 Å². The van der Waals surface area contributed by atoms with Crippen molar-refractivity contribution < 1.29 is 42.8 Å². The third-order valence-corrected chi connectivity index (χ3v) is 12.0. The maximum atomic E-state index is 13.0. The van der Waals surface area contributed by atoms with E-state index < -0.39 is 17.1 Å². The first kappa shape index (κ1) is 28.4. The quantitative estimate of drug-likeness (QED) is 0.322. The van der Waals surface area contributed by atoms with Crippen LogP contribution in [-0.2, 0) is 42.8 Å². The number of fused-ring (bicyclic) bond motifs is 2. The number of ether oxygens (including phenoxy) is 6. The summed E-state index contributed by atoms with van der Waals surface area (Å²) < 4.78 is 37.6. The molecule has 1 saturated heterocycles. The average molecular weight is 564 g/mol. The van der Waals surface area contributed by atoms with Gasteiger partial charge in [-0.05, 0) is 31.7 Å². The van der Waals surface area contributed by atoms with Crippen molar-refractivity contribution in [3.8, 4) is 0 Å². The molecule has 5 aliphatic carbocycles. The van der Waals surface area contributed by atoms with Gasteiger partial charge in [0, 0.05) is 95.6 Å². The Kier molecular flexibility index (Phi) is 6.84. The van der Waals surface area contributed by atoms with E-state index in [1.54, 1.807) is 21.3 Å². The van der Waals surface area contributed by atoms with Crippen molar-refractivity contribution >= 4 is 17.9 Å². The van der Waals surface area contributed by atoms with E-state index in [1.807, 2.05) is 0 Å². The van der Waals surface area contributed by atoms with Gasteiger partial charge >= 0.3 is 17.9 Å². The Hall–Kier alpha value is -1.75. The molecule has 0 aromatic rings. The highest BCUT2D eigenvalue weighted by Crippen LogP contribution is 2.80. The van der Waals surface area contributed by atoms with Crippen molar-refractivity contribution in [2.45, 2.75) is 89.4 Å². The summed E-state index contributed by atoms with van der Waals surface area (Å²) in [5.41, 5.74) is -1.67. The average Bonchev–Trinajstić information content (AvgIpc) is 3.30. The summed E-state index contributed by atoms with van der Waals surface area (Å²) in [5, 5.41) is 0. The van der Waals surface area contributed by atoms with Crippen LogP contribution in [0, 0.1) is 40.4 Å². The summed E-state index contributed by atoms with van der Waals surface area (Å²) in [6.07, 6.45) is 1.50.